The highest BCUT2D eigenvalue weighted by molar-refractivity contribution is 7.16. The number of hydrogen-bond acceptors (Lipinski definition) is 2. The van der Waals surface area contributed by atoms with E-state index in [2.05, 4.69) is 10.9 Å². The number of aromatic nitrogens is 1. The first-order valence-electron chi connectivity index (χ1n) is 6.66. The second-order valence-electron chi connectivity index (χ2n) is 4.69. The molecular formula is C17H10F2N2OS. The van der Waals surface area contributed by atoms with Crippen LogP contribution in [0.1, 0.15) is 10.4 Å². The van der Waals surface area contributed by atoms with Crippen molar-refractivity contribution in [2.24, 2.45) is 4.99 Å². The maximum atomic E-state index is 14.0. The van der Waals surface area contributed by atoms with Crippen molar-refractivity contribution in [1.29, 1.82) is 0 Å². The number of amides is 1. The Morgan fingerprint density at radius 3 is 2.65 bits per heavy atom. The van der Waals surface area contributed by atoms with Crippen LogP contribution in [0, 0.1) is 24.0 Å². The minimum absolute atomic E-state index is 0.0937. The lowest BCUT2D eigenvalue weighted by atomic mass is 10.2. The van der Waals surface area contributed by atoms with E-state index in [9.17, 15) is 13.6 Å². The van der Waals surface area contributed by atoms with Gasteiger partial charge in [0, 0.05) is 5.56 Å². The summed E-state index contributed by atoms with van der Waals surface area (Å²) < 4.78 is 29.1. The Kier molecular flexibility index (Phi) is 4.04. The third-order valence-electron chi connectivity index (χ3n) is 3.19. The lowest BCUT2D eigenvalue weighted by molar-refractivity contribution is 0.0998. The van der Waals surface area contributed by atoms with E-state index in [0.717, 1.165) is 0 Å². The Morgan fingerprint density at radius 2 is 1.96 bits per heavy atom. The number of halogens is 2. The minimum Gasteiger partial charge on any atom is -0.302 e. The highest BCUT2D eigenvalue weighted by Crippen LogP contribution is 2.20. The van der Waals surface area contributed by atoms with Gasteiger partial charge in [-0.1, -0.05) is 23.3 Å². The molecule has 0 saturated heterocycles. The van der Waals surface area contributed by atoms with E-state index in [-0.39, 0.29) is 12.1 Å². The van der Waals surface area contributed by atoms with Crippen molar-refractivity contribution in [2.45, 2.75) is 6.54 Å². The summed E-state index contributed by atoms with van der Waals surface area (Å²) in [6, 6.07) is 9.71. The van der Waals surface area contributed by atoms with Crippen LogP contribution < -0.4 is 4.80 Å². The normalized spacial score (nSPS) is 11.6. The SMILES string of the molecule is C#CCn1c(=NC(=O)c2ccc(F)cc2)sc2cccc(F)c21. The molecule has 1 aromatic heterocycles. The maximum Gasteiger partial charge on any atom is 0.279 e. The zero-order valence-electron chi connectivity index (χ0n) is 11.8. The minimum atomic E-state index is -0.539. The Balaban J connectivity index is 2.17. The second kappa shape index (κ2) is 6.15. The summed E-state index contributed by atoms with van der Waals surface area (Å²) in [6.45, 7) is 0.0937. The fraction of sp³-hybridized carbons (Fsp3) is 0.0588. The zero-order chi connectivity index (χ0) is 16.4. The Morgan fingerprint density at radius 1 is 1.22 bits per heavy atom. The van der Waals surface area contributed by atoms with Crippen molar-refractivity contribution in [3.63, 3.8) is 0 Å². The van der Waals surface area contributed by atoms with Gasteiger partial charge in [-0.15, -0.1) is 6.42 Å². The maximum absolute atomic E-state index is 14.0. The molecule has 0 bridgehead atoms. The number of thiazole rings is 1. The molecule has 1 heterocycles. The number of carbonyl (C=O) groups excluding carboxylic acids is 1. The predicted octanol–water partition coefficient (Wildman–Crippen LogP) is 3.36. The number of terminal acetylenes is 1. The molecule has 0 spiro atoms. The summed E-state index contributed by atoms with van der Waals surface area (Å²) in [4.78, 5) is 16.5. The van der Waals surface area contributed by atoms with Crippen molar-refractivity contribution >= 4 is 27.5 Å². The summed E-state index contributed by atoms with van der Waals surface area (Å²) >= 11 is 1.17. The second-order valence-corrected chi connectivity index (χ2v) is 5.69. The van der Waals surface area contributed by atoms with Crippen LogP contribution in [0.5, 0.6) is 0 Å². The molecule has 0 aliphatic carbocycles. The molecule has 0 radical (unpaired) electrons. The Hall–Kier alpha value is -2.78. The van der Waals surface area contributed by atoms with Crippen molar-refractivity contribution in [3.8, 4) is 12.3 Å². The first-order valence-corrected chi connectivity index (χ1v) is 7.48. The van der Waals surface area contributed by atoms with Gasteiger partial charge in [0.15, 0.2) is 4.80 Å². The average molecular weight is 328 g/mol. The number of para-hydroxylation sites is 1. The van der Waals surface area contributed by atoms with Crippen LogP contribution in [-0.4, -0.2) is 10.5 Å². The molecule has 23 heavy (non-hydrogen) atoms. The van der Waals surface area contributed by atoms with E-state index in [1.165, 1.54) is 46.2 Å². The summed E-state index contributed by atoms with van der Waals surface area (Å²) in [7, 11) is 0. The van der Waals surface area contributed by atoms with Gasteiger partial charge in [0.25, 0.3) is 5.91 Å². The van der Waals surface area contributed by atoms with E-state index >= 15 is 0 Å². The van der Waals surface area contributed by atoms with Gasteiger partial charge in [-0.05, 0) is 36.4 Å². The number of fused-ring (bicyclic) bond motifs is 1. The molecule has 3 aromatic rings. The summed E-state index contributed by atoms with van der Waals surface area (Å²) in [6.07, 6.45) is 5.33. The number of carbonyl (C=O) groups is 1. The Bertz CT molecular complexity index is 994. The fourth-order valence-corrected chi connectivity index (χ4v) is 3.20. The highest BCUT2D eigenvalue weighted by Gasteiger charge is 2.11. The molecule has 114 valence electrons. The van der Waals surface area contributed by atoms with E-state index < -0.39 is 17.5 Å². The number of benzene rings is 2. The predicted molar refractivity (Wildman–Crippen MR) is 84.9 cm³/mol. The van der Waals surface area contributed by atoms with Crippen LogP contribution in [0.15, 0.2) is 47.5 Å². The molecule has 0 N–H and O–H groups in total. The number of rotatable bonds is 2. The standard InChI is InChI=1S/C17H10F2N2OS/c1-2-10-21-15-13(19)4-3-5-14(15)23-17(21)20-16(22)11-6-8-12(18)9-7-11/h1,3-9H,10H2. The quantitative estimate of drug-likeness (QED) is 0.664. The average Bonchev–Trinajstić information content (AvgIpc) is 2.87. The van der Waals surface area contributed by atoms with E-state index in [1.54, 1.807) is 12.1 Å². The molecule has 0 unspecified atom stereocenters. The molecule has 0 fully saturated rings. The third kappa shape index (κ3) is 2.91. The molecule has 1 amide bonds. The fourth-order valence-electron chi connectivity index (χ4n) is 2.15. The third-order valence-corrected chi connectivity index (χ3v) is 4.23. The smallest absolute Gasteiger partial charge is 0.279 e. The van der Waals surface area contributed by atoms with Crippen LogP contribution >= 0.6 is 11.3 Å². The first-order chi connectivity index (χ1) is 11.1. The van der Waals surface area contributed by atoms with Crippen molar-refractivity contribution in [2.75, 3.05) is 0 Å². The zero-order valence-corrected chi connectivity index (χ0v) is 12.6. The van der Waals surface area contributed by atoms with Gasteiger partial charge < -0.3 is 4.57 Å². The molecule has 0 saturated carbocycles. The van der Waals surface area contributed by atoms with Gasteiger partial charge >= 0.3 is 0 Å². The molecule has 3 nitrogen and oxygen atoms in total. The van der Waals surface area contributed by atoms with Gasteiger partial charge in [-0.25, -0.2) is 8.78 Å². The number of hydrogen-bond donors (Lipinski definition) is 0. The van der Waals surface area contributed by atoms with Gasteiger partial charge in [0.1, 0.15) is 11.6 Å². The molecule has 0 aliphatic rings. The topological polar surface area (TPSA) is 34.4 Å². The largest absolute Gasteiger partial charge is 0.302 e. The van der Waals surface area contributed by atoms with Crippen LogP contribution in [-0.2, 0) is 6.54 Å². The van der Waals surface area contributed by atoms with Gasteiger partial charge in [-0.2, -0.15) is 4.99 Å². The molecule has 3 rings (SSSR count). The summed E-state index contributed by atoms with van der Waals surface area (Å²) in [5.74, 6) is 1.03. The van der Waals surface area contributed by atoms with Crippen LogP contribution in [0.2, 0.25) is 0 Å². The molecule has 0 atom stereocenters. The highest BCUT2D eigenvalue weighted by atomic mass is 32.1. The van der Waals surface area contributed by atoms with Gasteiger partial charge in [0.05, 0.1) is 16.8 Å². The van der Waals surface area contributed by atoms with Crippen LogP contribution in [0.4, 0.5) is 8.78 Å². The van der Waals surface area contributed by atoms with E-state index in [1.807, 2.05) is 0 Å². The van der Waals surface area contributed by atoms with E-state index in [4.69, 9.17) is 6.42 Å². The Labute approximate surface area is 134 Å². The van der Waals surface area contributed by atoms with E-state index in [0.29, 0.717) is 15.0 Å². The van der Waals surface area contributed by atoms with Gasteiger partial charge in [-0.3, -0.25) is 4.79 Å². The summed E-state index contributed by atoms with van der Waals surface area (Å²) in [5.41, 5.74) is 0.567. The van der Waals surface area contributed by atoms with Crippen molar-refractivity contribution in [3.05, 3.63) is 64.5 Å². The molecule has 0 aliphatic heterocycles. The monoisotopic (exact) mass is 328 g/mol. The number of nitrogens with zero attached hydrogens (tertiary/aromatic N) is 2. The summed E-state index contributed by atoms with van der Waals surface area (Å²) in [5, 5.41) is 0. The lowest BCUT2D eigenvalue weighted by Crippen LogP contribution is -2.17. The first kappa shape index (κ1) is 15.1. The molecular weight excluding hydrogens is 318 g/mol. The van der Waals surface area contributed by atoms with Crippen molar-refractivity contribution < 1.29 is 13.6 Å². The van der Waals surface area contributed by atoms with Crippen molar-refractivity contribution in [1.82, 2.24) is 4.57 Å². The molecule has 6 heteroatoms. The van der Waals surface area contributed by atoms with Crippen LogP contribution in [0.25, 0.3) is 10.2 Å². The van der Waals surface area contributed by atoms with Crippen LogP contribution in [0.3, 0.4) is 0 Å². The van der Waals surface area contributed by atoms with Gasteiger partial charge in [0.2, 0.25) is 0 Å². The molecule has 2 aromatic carbocycles. The lowest BCUT2D eigenvalue weighted by Gasteiger charge is -2.00.